The van der Waals surface area contributed by atoms with E-state index in [2.05, 4.69) is 5.32 Å². The number of likely N-dealkylation sites (tertiary alicyclic amines) is 1. The van der Waals surface area contributed by atoms with Crippen molar-refractivity contribution in [2.75, 3.05) is 18.4 Å². The fraction of sp³-hybridized carbons (Fsp3) is 0.467. The minimum Gasteiger partial charge on any atom is -0.389 e. The van der Waals surface area contributed by atoms with Gasteiger partial charge in [-0.3, -0.25) is 4.79 Å². The average molecular weight is 326 g/mol. The van der Waals surface area contributed by atoms with Crippen LogP contribution in [0.25, 0.3) is 0 Å². The van der Waals surface area contributed by atoms with Gasteiger partial charge < -0.3 is 16.0 Å². The zero-order valence-corrected chi connectivity index (χ0v) is 13.6. The number of piperidine rings is 1. The van der Waals surface area contributed by atoms with Crippen LogP contribution in [0.4, 0.5) is 5.69 Å². The second-order valence-corrected chi connectivity index (χ2v) is 6.18. The fourth-order valence-electron chi connectivity index (χ4n) is 2.53. The first-order valence-electron chi connectivity index (χ1n) is 7.13. The highest BCUT2D eigenvalue weighted by atomic mass is 35.5. The highest BCUT2D eigenvalue weighted by Gasteiger charge is 2.22. The Morgan fingerprint density at radius 3 is 2.67 bits per heavy atom. The molecule has 0 radical (unpaired) electrons. The second-order valence-electron chi connectivity index (χ2n) is 5.31. The largest absolute Gasteiger partial charge is 0.389 e. The molecule has 1 aromatic rings. The molecular weight excluding hydrogens is 306 g/mol. The van der Waals surface area contributed by atoms with E-state index in [4.69, 9.17) is 29.6 Å². The molecule has 1 saturated heterocycles. The SMILES string of the molecule is CC(Nc1ccc(Cl)cc1C(N)=S)C(=O)N1CCCCC1. The van der Waals surface area contributed by atoms with Gasteiger partial charge in [-0.1, -0.05) is 23.8 Å². The molecule has 0 aliphatic carbocycles. The summed E-state index contributed by atoms with van der Waals surface area (Å²) in [6.45, 7) is 3.54. The Bertz CT molecular complexity index is 544. The maximum Gasteiger partial charge on any atom is 0.244 e. The number of nitrogens with one attached hydrogen (secondary N) is 1. The number of thiocarbonyl (C=S) groups is 1. The van der Waals surface area contributed by atoms with Gasteiger partial charge in [0.2, 0.25) is 5.91 Å². The number of halogens is 1. The van der Waals surface area contributed by atoms with Gasteiger partial charge in [-0.25, -0.2) is 0 Å². The first kappa shape index (κ1) is 16.0. The molecule has 1 aliphatic heterocycles. The lowest BCUT2D eigenvalue weighted by molar-refractivity contribution is -0.132. The normalized spacial score (nSPS) is 16.4. The van der Waals surface area contributed by atoms with E-state index in [0.717, 1.165) is 31.6 Å². The van der Waals surface area contributed by atoms with Gasteiger partial charge in [-0.2, -0.15) is 0 Å². The van der Waals surface area contributed by atoms with E-state index in [0.29, 0.717) is 10.6 Å². The van der Waals surface area contributed by atoms with Gasteiger partial charge in [0.25, 0.3) is 0 Å². The van der Waals surface area contributed by atoms with Gasteiger partial charge in [0.05, 0.1) is 0 Å². The quantitative estimate of drug-likeness (QED) is 0.836. The highest BCUT2D eigenvalue weighted by molar-refractivity contribution is 7.80. The van der Waals surface area contributed by atoms with Crippen LogP contribution in [0.3, 0.4) is 0 Å². The zero-order chi connectivity index (χ0) is 15.4. The maximum atomic E-state index is 12.4. The van der Waals surface area contributed by atoms with Crippen molar-refractivity contribution in [2.24, 2.45) is 5.73 Å². The van der Waals surface area contributed by atoms with Crippen LogP contribution in [0.2, 0.25) is 5.02 Å². The Labute approximate surface area is 135 Å². The Morgan fingerprint density at radius 2 is 2.05 bits per heavy atom. The number of nitrogens with two attached hydrogens (primary N) is 1. The Balaban J connectivity index is 2.10. The third kappa shape index (κ3) is 4.08. The topological polar surface area (TPSA) is 58.4 Å². The zero-order valence-electron chi connectivity index (χ0n) is 12.1. The number of carbonyl (C=O) groups is 1. The number of benzene rings is 1. The molecule has 1 fully saturated rings. The van der Waals surface area contributed by atoms with Crippen LogP contribution in [0.15, 0.2) is 18.2 Å². The first-order chi connectivity index (χ1) is 9.99. The summed E-state index contributed by atoms with van der Waals surface area (Å²) < 4.78 is 0. The summed E-state index contributed by atoms with van der Waals surface area (Å²) in [6.07, 6.45) is 3.36. The summed E-state index contributed by atoms with van der Waals surface area (Å²) in [4.78, 5) is 14.6. The van der Waals surface area contributed by atoms with Crippen molar-refractivity contribution in [3.63, 3.8) is 0 Å². The van der Waals surface area contributed by atoms with Crippen molar-refractivity contribution >= 4 is 40.4 Å². The van der Waals surface area contributed by atoms with Crippen LogP contribution in [0.5, 0.6) is 0 Å². The second kappa shape index (κ2) is 7.09. The number of anilines is 1. The lowest BCUT2D eigenvalue weighted by atomic mass is 10.1. The van der Waals surface area contributed by atoms with Crippen molar-refractivity contribution < 1.29 is 4.79 Å². The number of nitrogens with zero attached hydrogens (tertiary/aromatic N) is 1. The van der Waals surface area contributed by atoms with Gasteiger partial charge >= 0.3 is 0 Å². The minimum absolute atomic E-state index is 0.110. The fourth-order valence-corrected chi connectivity index (χ4v) is 2.87. The van der Waals surface area contributed by atoms with Crippen LogP contribution < -0.4 is 11.1 Å². The van der Waals surface area contributed by atoms with Gasteiger partial charge in [-0.05, 0) is 44.4 Å². The lowest BCUT2D eigenvalue weighted by Crippen LogP contribution is -2.44. The summed E-state index contributed by atoms with van der Waals surface area (Å²) in [5.74, 6) is 0.110. The summed E-state index contributed by atoms with van der Waals surface area (Å²) in [5.41, 5.74) is 7.12. The molecule has 1 aliphatic rings. The summed E-state index contributed by atoms with van der Waals surface area (Å²) in [6, 6.07) is 4.95. The molecule has 0 spiro atoms. The Morgan fingerprint density at radius 1 is 1.38 bits per heavy atom. The molecule has 6 heteroatoms. The van der Waals surface area contributed by atoms with E-state index < -0.39 is 0 Å². The third-order valence-corrected chi connectivity index (χ3v) is 4.11. The molecule has 2 rings (SSSR count). The number of hydrogen-bond acceptors (Lipinski definition) is 3. The number of rotatable bonds is 4. The molecule has 21 heavy (non-hydrogen) atoms. The molecule has 0 bridgehead atoms. The molecule has 0 saturated carbocycles. The molecule has 1 aromatic carbocycles. The molecule has 1 atom stereocenters. The summed E-state index contributed by atoms with van der Waals surface area (Å²) >= 11 is 11.0. The van der Waals surface area contributed by atoms with Crippen molar-refractivity contribution in [3.05, 3.63) is 28.8 Å². The maximum absolute atomic E-state index is 12.4. The smallest absolute Gasteiger partial charge is 0.244 e. The van der Waals surface area contributed by atoms with Crippen molar-refractivity contribution in [3.8, 4) is 0 Å². The average Bonchev–Trinajstić information content (AvgIpc) is 2.49. The lowest BCUT2D eigenvalue weighted by Gasteiger charge is -2.30. The molecule has 3 N–H and O–H groups in total. The Hall–Kier alpha value is -1.33. The number of amides is 1. The molecular formula is C15H20ClN3OS. The van der Waals surface area contributed by atoms with Gasteiger partial charge in [0, 0.05) is 29.4 Å². The predicted octanol–water partition coefficient (Wildman–Crippen LogP) is 2.79. The van der Waals surface area contributed by atoms with Crippen LogP contribution in [-0.2, 0) is 4.79 Å². The predicted molar refractivity (Wildman–Crippen MR) is 90.9 cm³/mol. The molecule has 1 heterocycles. The van der Waals surface area contributed by atoms with E-state index in [1.165, 1.54) is 6.42 Å². The van der Waals surface area contributed by atoms with E-state index >= 15 is 0 Å². The molecule has 114 valence electrons. The van der Waals surface area contributed by atoms with E-state index in [1.54, 1.807) is 18.2 Å². The highest BCUT2D eigenvalue weighted by Crippen LogP contribution is 2.22. The van der Waals surface area contributed by atoms with Crippen LogP contribution in [0, 0.1) is 0 Å². The first-order valence-corrected chi connectivity index (χ1v) is 7.92. The summed E-state index contributed by atoms with van der Waals surface area (Å²) in [5, 5.41) is 3.77. The summed E-state index contributed by atoms with van der Waals surface area (Å²) in [7, 11) is 0. The van der Waals surface area contributed by atoms with E-state index in [-0.39, 0.29) is 16.9 Å². The van der Waals surface area contributed by atoms with Crippen LogP contribution >= 0.6 is 23.8 Å². The van der Waals surface area contributed by atoms with Gasteiger partial charge in [-0.15, -0.1) is 0 Å². The van der Waals surface area contributed by atoms with E-state index in [9.17, 15) is 4.79 Å². The number of carbonyl (C=O) groups excluding carboxylic acids is 1. The molecule has 0 aromatic heterocycles. The van der Waals surface area contributed by atoms with Crippen molar-refractivity contribution in [1.29, 1.82) is 0 Å². The van der Waals surface area contributed by atoms with Crippen molar-refractivity contribution in [2.45, 2.75) is 32.2 Å². The van der Waals surface area contributed by atoms with E-state index in [1.807, 2.05) is 11.8 Å². The Kier molecular flexibility index (Phi) is 5.42. The molecule has 1 unspecified atom stereocenters. The molecule has 1 amide bonds. The van der Waals surface area contributed by atoms with Crippen LogP contribution in [0.1, 0.15) is 31.7 Å². The van der Waals surface area contributed by atoms with Gasteiger partial charge in [0.1, 0.15) is 11.0 Å². The third-order valence-electron chi connectivity index (χ3n) is 3.66. The molecule has 4 nitrogen and oxygen atoms in total. The van der Waals surface area contributed by atoms with Crippen molar-refractivity contribution in [1.82, 2.24) is 4.90 Å². The minimum atomic E-state index is -0.322. The van der Waals surface area contributed by atoms with Crippen LogP contribution in [-0.4, -0.2) is 34.9 Å². The monoisotopic (exact) mass is 325 g/mol. The van der Waals surface area contributed by atoms with Gasteiger partial charge in [0.15, 0.2) is 0 Å². The standard InChI is InChI=1S/C15H20ClN3OS/c1-10(15(20)19-7-3-2-4-8-19)18-13-6-5-11(16)9-12(13)14(17)21/h5-6,9-10,18H,2-4,7-8H2,1H3,(H2,17,21). The number of hydrogen-bond donors (Lipinski definition) is 2.